The van der Waals surface area contributed by atoms with Gasteiger partial charge in [0.1, 0.15) is 5.78 Å². The standard InChI is InChI=1S/C12H14O2S/c1-9-2-5-11(6-3-9)15(14)12-7-4-10(13)8-12/h2-3,5-6,12H,4,7-8H2,1H3. The van der Waals surface area contributed by atoms with Gasteiger partial charge in [-0.2, -0.15) is 0 Å². The molecule has 2 rings (SSSR count). The van der Waals surface area contributed by atoms with Gasteiger partial charge in [-0.1, -0.05) is 17.7 Å². The summed E-state index contributed by atoms with van der Waals surface area (Å²) in [4.78, 5) is 12.0. The molecule has 0 aliphatic heterocycles. The molecule has 1 aromatic carbocycles. The third-order valence-electron chi connectivity index (χ3n) is 2.76. The molecule has 2 atom stereocenters. The number of benzene rings is 1. The lowest BCUT2D eigenvalue weighted by molar-refractivity contribution is -0.117. The van der Waals surface area contributed by atoms with Gasteiger partial charge in [0, 0.05) is 23.0 Å². The molecule has 3 heteroatoms. The van der Waals surface area contributed by atoms with E-state index in [2.05, 4.69) is 0 Å². The molecule has 1 aliphatic rings. The molecule has 0 N–H and O–H groups in total. The molecular weight excluding hydrogens is 208 g/mol. The van der Waals surface area contributed by atoms with E-state index in [0.717, 1.165) is 11.3 Å². The Hall–Kier alpha value is -0.960. The van der Waals surface area contributed by atoms with Crippen LogP contribution in [0.4, 0.5) is 0 Å². The maximum absolute atomic E-state index is 12.1. The number of carbonyl (C=O) groups is 1. The van der Waals surface area contributed by atoms with Gasteiger partial charge in [-0.05, 0) is 25.5 Å². The molecule has 1 aliphatic carbocycles. The first kappa shape index (κ1) is 10.6. The maximum atomic E-state index is 12.1. The summed E-state index contributed by atoms with van der Waals surface area (Å²) in [6, 6.07) is 7.72. The van der Waals surface area contributed by atoms with Gasteiger partial charge in [-0.15, -0.1) is 0 Å². The molecule has 80 valence electrons. The summed E-state index contributed by atoms with van der Waals surface area (Å²) in [7, 11) is -1.01. The van der Waals surface area contributed by atoms with E-state index in [4.69, 9.17) is 0 Å². The summed E-state index contributed by atoms with van der Waals surface area (Å²) < 4.78 is 12.1. The first-order chi connectivity index (χ1) is 7.16. The topological polar surface area (TPSA) is 34.1 Å². The molecule has 0 bridgehead atoms. The SMILES string of the molecule is Cc1ccc(S(=O)C2CCC(=O)C2)cc1. The van der Waals surface area contributed by atoms with Gasteiger partial charge < -0.3 is 0 Å². The van der Waals surface area contributed by atoms with E-state index in [-0.39, 0.29) is 11.0 Å². The van der Waals surface area contributed by atoms with Crippen LogP contribution in [0.1, 0.15) is 24.8 Å². The highest BCUT2D eigenvalue weighted by atomic mass is 32.2. The molecule has 15 heavy (non-hydrogen) atoms. The Morgan fingerprint density at radius 1 is 1.27 bits per heavy atom. The largest absolute Gasteiger partial charge is 0.300 e. The first-order valence-electron chi connectivity index (χ1n) is 5.16. The van der Waals surface area contributed by atoms with E-state index >= 15 is 0 Å². The highest BCUT2D eigenvalue weighted by Crippen LogP contribution is 2.24. The van der Waals surface area contributed by atoms with Crippen LogP contribution in [-0.4, -0.2) is 15.2 Å². The summed E-state index contributed by atoms with van der Waals surface area (Å²) in [6.07, 6.45) is 1.86. The van der Waals surface area contributed by atoms with E-state index in [1.807, 2.05) is 31.2 Å². The number of ketones is 1. The Morgan fingerprint density at radius 2 is 1.93 bits per heavy atom. The van der Waals surface area contributed by atoms with Crippen molar-refractivity contribution in [2.45, 2.75) is 36.3 Å². The zero-order chi connectivity index (χ0) is 10.8. The van der Waals surface area contributed by atoms with Crippen LogP contribution in [0.3, 0.4) is 0 Å². The zero-order valence-electron chi connectivity index (χ0n) is 8.73. The van der Waals surface area contributed by atoms with E-state index in [9.17, 15) is 9.00 Å². The Morgan fingerprint density at radius 3 is 2.47 bits per heavy atom. The van der Waals surface area contributed by atoms with E-state index in [1.54, 1.807) is 0 Å². The molecule has 1 saturated carbocycles. The van der Waals surface area contributed by atoms with Crippen LogP contribution in [0, 0.1) is 6.92 Å². The van der Waals surface area contributed by atoms with Crippen molar-refractivity contribution in [1.29, 1.82) is 0 Å². The molecule has 1 fully saturated rings. The molecule has 0 amide bonds. The minimum atomic E-state index is -1.01. The van der Waals surface area contributed by atoms with Crippen LogP contribution in [0.5, 0.6) is 0 Å². The van der Waals surface area contributed by atoms with E-state index in [0.29, 0.717) is 12.8 Å². The van der Waals surface area contributed by atoms with Crippen molar-refractivity contribution < 1.29 is 9.00 Å². The number of aryl methyl sites for hydroxylation is 1. The molecule has 0 spiro atoms. The highest BCUT2D eigenvalue weighted by molar-refractivity contribution is 7.85. The quantitative estimate of drug-likeness (QED) is 0.769. The van der Waals surface area contributed by atoms with Crippen LogP contribution < -0.4 is 0 Å². The second kappa shape index (κ2) is 4.27. The van der Waals surface area contributed by atoms with Gasteiger partial charge in [-0.3, -0.25) is 9.00 Å². The van der Waals surface area contributed by atoms with Crippen molar-refractivity contribution in [3.8, 4) is 0 Å². The number of carbonyl (C=O) groups excluding carboxylic acids is 1. The molecule has 2 nitrogen and oxygen atoms in total. The molecule has 0 saturated heterocycles. The fourth-order valence-electron chi connectivity index (χ4n) is 1.83. The molecule has 0 heterocycles. The minimum absolute atomic E-state index is 0.0419. The number of Topliss-reactive ketones (excluding diaryl/α,β-unsaturated/α-hetero) is 1. The lowest BCUT2D eigenvalue weighted by atomic mass is 10.2. The number of rotatable bonds is 2. The molecule has 1 aromatic rings. The van der Waals surface area contributed by atoms with Crippen molar-refractivity contribution in [1.82, 2.24) is 0 Å². The lowest BCUT2D eigenvalue weighted by Gasteiger charge is -2.08. The Bertz CT molecular complexity index is 395. The molecular formula is C12H14O2S. The third-order valence-corrected chi connectivity index (χ3v) is 4.50. The maximum Gasteiger partial charge on any atom is 0.134 e. The van der Waals surface area contributed by atoms with E-state index < -0.39 is 10.8 Å². The monoisotopic (exact) mass is 222 g/mol. The normalized spacial score (nSPS) is 23.0. The molecule has 2 unspecified atom stereocenters. The Kier molecular flexibility index (Phi) is 3.00. The lowest BCUT2D eigenvalue weighted by Crippen LogP contribution is -2.11. The number of hydrogen-bond donors (Lipinski definition) is 0. The Balaban J connectivity index is 2.14. The van der Waals surface area contributed by atoms with Crippen molar-refractivity contribution in [2.24, 2.45) is 0 Å². The second-order valence-electron chi connectivity index (χ2n) is 4.01. The summed E-state index contributed by atoms with van der Waals surface area (Å²) in [5.74, 6) is 0.250. The van der Waals surface area contributed by atoms with Crippen molar-refractivity contribution in [3.05, 3.63) is 29.8 Å². The predicted molar refractivity (Wildman–Crippen MR) is 60.2 cm³/mol. The predicted octanol–water partition coefficient (Wildman–Crippen LogP) is 2.22. The Labute approximate surface area is 92.2 Å². The fraction of sp³-hybridized carbons (Fsp3) is 0.417. The van der Waals surface area contributed by atoms with Crippen LogP contribution in [0.2, 0.25) is 0 Å². The molecule has 0 radical (unpaired) electrons. The van der Waals surface area contributed by atoms with Gasteiger partial charge in [0.05, 0.1) is 10.8 Å². The first-order valence-corrected chi connectivity index (χ1v) is 6.37. The fourth-order valence-corrected chi connectivity index (χ4v) is 3.29. The van der Waals surface area contributed by atoms with Crippen molar-refractivity contribution >= 4 is 16.6 Å². The summed E-state index contributed by atoms with van der Waals surface area (Å²) in [6.45, 7) is 2.01. The smallest absolute Gasteiger partial charge is 0.134 e. The average molecular weight is 222 g/mol. The zero-order valence-corrected chi connectivity index (χ0v) is 9.55. The van der Waals surface area contributed by atoms with Gasteiger partial charge in [0.25, 0.3) is 0 Å². The van der Waals surface area contributed by atoms with Crippen molar-refractivity contribution in [3.63, 3.8) is 0 Å². The van der Waals surface area contributed by atoms with Crippen LogP contribution in [0.15, 0.2) is 29.2 Å². The summed E-state index contributed by atoms with van der Waals surface area (Å²) in [5.41, 5.74) is 1.17. The van der Waals surface area contributed by atoms with Gasteiger partial charge in [-0.25, -0.2) is 0 Å². The van der Waals surface area contributed by atoms with Gasteiger partial charge in [0.2, 0.25) is 0 Å². The van der Waals surface area contributed by atoms with Crippen molar-refractivity contribution in [2.75, 3.05) is 0 Å². The van der Waals surface area contributed by atoms with Gasteiger partial charge in [0.15, 0.2) is 0 Å². The van der Waals surface area contributed by atoms with Gasteiger partial charge >= 0.3 is 0 Å². The van der Waals surface area contributed by atoms with E-state index in [1.165, 1.54) is 5.56 Å². The summed E-state index contributed by atoms with van der Waals surface area (Å²) >= 11 is 0. The van der Waals surface area contributed by atoms with Crippen LogP contribution in [0.25, 0.3) is 0 Å². The van der Waals surface area contributed by atoms with Crippen LogP contribution in [-0.2, 0) is 15.6 Å². The van der Waals surface area contributed by atoms with Crippen LogP contribution >= 0.6 is 0 Å². The second-order valence-corrected chi connectivity index (χ2v) is 5.75. The number of hydrogen-bond acceptors (Lipinski definition) is 2. The summed E-state index contributed by atoms with van der Waals surface area (Å²) in [5, 5.41) is 0.0419. The minimum Gasteiger partial charge on any atom is -0.300 e. The average Bonchev–Trinajstić information content (AvgIpc) is 2.65. The third kappa shape index (κ3) is 2.34. The molecule has 0 aromatic heterocycles. The highest BCUT2D eigenvalue weighted by Gasteiger charge is 2.27.